The summed E-state index contributed by atoms with van der Waals surface area (Å²) in [7, 11) is 0. The van der Waals surface area contributed by atoms with Crippen LogP contribution in [0.25, 0.3) is 0 Å². The third-order valence-electron chi connectivity index (χ3n) is 3.88. The molecule has 2 heterocycles. The van der Waals surface area contributed by atoms with Crippen LogP contribution in [0.2, 0.25) is 0 Å². The summed E-state index contributed by atoms with van der Waals surface area (Å²) >= 11 is 0. The smallest absolute Gasteiger partial charge is 0.0954 e. The van der Waals surface area contributed by atoms with Crippen molar-refractivity contribution in [3.63, 3.8) is 0 Å². The van der Waals surface area contributed by atoms with E-state index in [1.165, 1.54) is 22.5 Å². The van der Waals surface area contributed by atoms with E-state index in [1.807, 2.05) is 6.33 Å². The van der Waals surface area contributed by atoms with E-state index in [-0.39, 0.29) is 6.04 Å². The van der Waals surface area contributed by atoms with Crippen LogP contribution in [0.4, 0.5) is 0 Å². The Morgan fingerprint density at radius 3 is 2.68 bits per heavy atom. The van der Waals surface area contributed by atoms with Crippen molar-refractivity contribution in [2.24, 2.45) is 0 Å². The third kappa shape index (κ3) is 2.19. The average Bonchev–Trinajstić information content (AvgIpc) is 2.83. The molecule has 0 fully saturated rings. The van der Waals surface area contributed by atoms with Crippen molar-refractivity contribution in [2.75, 3.05) is 6.54 Å². The topological polar surface area (TPSA) is 29.9 Å². The first-order valence-electron chi connectivity index (χ1n) is 7.02. The first kappa shape index (κ1) is 12.4. The summed E-state index contributed by atoms with van der Waals surface area (Å²) in [4.78, 5) is 4.66. The van der Waals surface area contributed by atoms with Crippen LogP contribution in [0.15, 0.2) is 30.6 Å². The van der Waals surface area contributed by atoms with Gasteiger partial charge in [-0.25, -0.2) is 4.98 Å². The van der Waals surface area contributed by atoms with E-state index >= 15 is 0 Å². The second-order valence-electron chi connectivity index (χ2n) is 5.63. The fourth-order valence-electron chi connectivity index (χ4n) is 2.81. The Hall–Kier alpha value is -1.61. The van der Waals surface area contributed by atoms with Gasteiger partial charge in [-0.05, 0) is 26.3 Å². The maximum absolute atomic E-state index is 4.66. The first-order chi connectivity index (χ1) is 9.16. The highest BCUT2D eigenvalue weighted by Crippen LogP contribution is 2.29. The molecule has 19 heavy (non-hydrogen) atoms. The summed E-state index contributed by atoms with van der Waals surface area (Å²) < 4.78 is 2.30. The van der Waals surface area contributed by atoms with Crippen LogP contribution in [-0.2, 0) is 6.42 Å². The molecule has 0 saturated heterocycles. The lowest BCUT2D eigenvalue weighted by atomic mass is 9.97. The lowest BCUT2D eigenvalue weighted by molar-refractivity contribution is 0.513. The van der Waals surface area contributed by atoms with Gasteiger partial charge in [-0.1, -0.05) is 29.8 Å². The standard InChI is InChI=1S/C16H21N3/c1-11(2)19-10-18-16-14(19)8-9-17-15(16)13-6-4-12(3)5-7-13/h4-7,10-11,15,17H,8-9H2,1-3H3. The van der Waals surface area contributed by atoms with Crippen molar-refractivity contribution in [3.8, 4) is 0 Å². The summed E-state index contributed by atoms with van der Waals surface area (Å²) in [5, 5.41) is 3.59. The number of hydrogen-bond acceptors (Lipinski definition) is 2. The van der Waals surface area contributed by atoms with Gasteiger partial charge < -0.3 is 9.88 Å². The molecule has 100 valence electrons. The molecule has 2 aromatic rings. The number of aryl methyl sites for hydroxylation is 1. The molecule has 0 bridgehead atoms. The van der Waals surface area contributed by atoms with Gasteiger partial charge in [0.05, 0.1) is 18.1 Å². The van der Waals surface area contributed by atoms with Gasteiger partial charge in [0, 0.05) is 24.7 Å². The SMILES string of the molecule is Cc1ccc(C2NCCc3c2ncn3C(C)C)cc1. The normalized spacial score (nSPS) is 18.6. The number of nitrogens with one attached hydrogen (secondary N) is 1. The Morgan fingerprint density at radius 2 is 2.00 bits per heavy atom. The molecule has 0 spiro atoms. The number of rotatable bonds is 2. The molecule has 1 N–H and O–H groups in total. The van der Waals surface area contributed by atoms with Gasteiger partial charge in [0.15, 0.2) is 0 Å². The Morgan fingerprint density at radius 1 is 1.26 bits per heavy atom. The Balaban J connectivity index is 2.01. The van der Waals surface area contributed by atoms with Crippen LogP contribution in [0.3, 0.4) is 0 Å². The highest BCUT2D eigenvalue weighted by atomic mass is 15.1. The molecule has 1 aliphatic rings. The molecule has 1 aromatic carbocycles. The molecule has 0 aliphatic carbocycles. The molecular formula is C16H21N3. The lowest BCUT2D eigenvalue weighted by Gasteiger charge is -2.25. The second kappa shape index (κ2) is 4.82. The monoisotopic (exact) mass is 255 g/mol. The van der Waals surface area contributed by atoms with E-state index in [1.54, 1.807) is 0 Å². The number of imidazole rings is 1. The molecule has 1 atom stereocenters. The molecule has 1 aliphatic heterocycles. The molecule has 0 saturated carbocycles. The number of aromatic nitrogens is 2. The maximum atomic E-state index is 4.66. The summed E-state index contributed by atoms with van der Waals surface area (Å²) in [6.07, 6.45) is 3.05. The third-order valence-corrected chi connectivity index (χ3v) is 3.88. The molecule has 1 unspecified atom stereocenters. The minimum atomic E-state index is 0.240. The van der Waals surface area contributed by atoms with E-state index in [4.69, 9.17) is 0 Å². The molecule has 0 radical (unpaired) electrons. The molecule has 1 aromatic heterocycles. The summed E-state index contributed by atoms with van der Waals surface area (Å²) in [6.45, 7) is 7.57. The number of fused-ring (bicyclic) bond motifs is 1. The quantitative estimate of drug-likeness (QED) is 0.894. The molecule has 3 heteroatoms. The van der Waals surface area contributed by atoms with Crippen LogP contribution in [0.5, 0.6) is 0 Å². The summed E-state index contributed by atoms with van der Waals surface area (Å²) in [6, 6.07) is 9.47. The highest BCUT2D eigenvalue weighted by molar-refractivity contribution is 5.34. The fraction of sp³-hybridized carbons (Fsp3) is 0.438. The van der Waals surface area contributed by atoms with Crippen molar-refractivity contribution >= 4 is 0 Å². The minimum Gasteiger partial charge on any atom is -0.332 e. The Labute approximate surface area is 114 Å². The van der Waals surface area contributed by atoms with Gasteiger partial charge in [0.2, 0.25) is 0 Å². The summed E-state index contributed by atoms with van der Waals surface area (Å²) in [5.74, 6) is 0. The van der Waals surface area contributed by atoms with Crippen molar-refractivity contribution in [2.45, 2.75) is 39.3 Å². The van der Waals surface area contributed by atoms with Crippen LogP contribution in [0, 0.1) is 6.92 Å². The van der Waals surface area contributed by atoms with E-state index in [0.29, 0.717) is 6.04 Å². The van der Waals surface area contributed by atoms with Crippen LogP contribution in [0.1, 0.15) is 48.4 Å². The Bertz CT molecular complexity index is 566. The zero-order valence-electron chi connectivity index (χ0n) is 11.9. The largest absolute Gasteiger partial charge is 0.332 e. The van der Waals surface area contributed by atoms with Crippen LogP contribution in [-0.4, -0.2) is 16.1 Å². The summed E-state index contributed by atoms with van der Waals surface area (Å²) in [5.41, 5.74) is 5.19. The van der Waals surface area contributed by atoms with Gasteiger partial charge in [0.1, 0.15) is 0 Å². The molecule has 3 nitrogen and oxygen atoms in total. The van der Waals surface area contributed by atoms with Gasteiger partial charge in [-0.2, -0.15) is 0 Å². The predicted octanol–water partition coefficient (Wildman–Crippen LogP) is 3.01. The molecule has 0 amide bonds. The number of benzene rings is 1. The van der Waals surface area contributed by atoms with Gasteiger partial charge in [-0.3, -0.25) is 0 Å². The van der Waals surface area contributed by atoms with E-state index in [0.717, 1.165) is 13.0 Å². The van der Waals surface area contributed by atoms with Crippen LogP contribution >= 0.6 is 0 Å². The minimum absolute atomic E-state index is 0.240. The van der Waals surface area contributed by atoms with Gasteiger partial charge in [0.25, 0.3) is 0 Å². The van der Waals surface area contributed by atoms with Gasteiger partial charge >= 0.3 is 0 Å². The lowest BCUT2D eigenvalue weighted by Crippen LogP contribution is -2.31. The zero-order valence-corrected chi connectivity index (χ0v) is 11.9. The second-order valence-corrected chi connectivity index (χ2v) is 5.63. The predicted molar refractivity (Wildman–Crippen MR) is 77.3 cm³/mol. The number of hydrogen-bond donors (Lipinski definition) is 1. The molecule has 3 rings (SSSR count). The van der Waals surface area contributed by atoms with Crippen molar-refractivity contribution in [3.05, 3.63) is 53.1 Å². The fourth-order valence-corrected chi connectivity index (χ4v) is 2.81. The van der Waals surface area contributed by atoms with Crippen molar-refractivity contribution < 1.29 is 0 Å². The van der Waals surface area contributed by atoms with E-state index in [2.05, 4.69) is 59.9 Å². The first-order valence-corrected chi connectivity index (χ1v) is 7.02. The number of nitrogens with zero attached hydrogens (tertiary/aromatic N) is 2. The van der Waals surface area contributed by atoms with Gasteiger partial charge in [-0.15, -0.1) is 0 Å². The van der Waals surface area contributed by atoms with Crippen molar-refractivity contribution in [1.29, 1.82) is 0 Å². The van der Waals surface area contributed by atoms with E-state index in [9.17, 15) is 0 Å². The Kier molecular flexibility index (Phi) is 3.15. The highest BCUT2D eigenvalue weighted by Gasteiger charge is 2.26. The maximum Gasteiger partial charge on any atom is 0.0954 e. The average molecular weight is 255 g/mol. The molecular weight excluding hydrogens is 234 g/mol. The van der Waals surface area contributed by atoms with Crippen LogP contribution < -0.4 is 5.32 Å². The van der Waals surface area contributed by atoms with E-state index < -0.39 is 0 Å². The zero-order chi connectivity index (χ0) is 13.4. The van der Waals surface area contributed by atoms with Crippen molar-refractivity contribution in [1.82, 2.24) is 14.9 Å².